The van der Waals surface area contributed by atoms with Gasteiger partial charge in [-0.2, -0.15) is 0 Å². The van der Waals surface area contributed by atoms with Crippen LogP contribution in [0.25, 0.3) is 0 Å². The highest BCUT2D eigenvalue weighted by molar-refractivity contribution is 8.13. The van der Waals surface area contributed by atoms with Gasteiger partial charge in [-0.05, 0) is 44.4 Å². The molecule has 1 aliphatic rings. The third-order valence-electron chi connectivity index (χ3n) is 4.51. The number of thioether (sulfide) groups is 1. The Kier molecular flexibility index (Phi) is 7.85. The van der Waals surface area contributed by atoms with Crippen molar-refractivity contribution in [1.82, 2.24) is 0 Å². The van der Waals surface area contributed by atoms with Crippen LogP contribution in [0.3, 0.4) is 0 Å². The van der Waals surface area contributed by atoms with Crippen LogP contribution in [0.1, 0.15) is 72.1 Å². The van der Waals surface area contributed by atoms with Crippen molar-refractivity contribution in [3.05, 3.63) is 46.6 Å². The lowest BCUT2D eigenvalue weighted by molar-refractivity contribution is -0.111. The minimum absolute atomic E-state index is 0.0770. The molecule has 0 heterocycles. The predicted octanol–water partition coefficient (Wildman–Crippen LogP) is 5.34. The molecule has 1 aliphatic carbocycles. The molecule has 0 spiro atoms. The number of hydrogen-bond acceptors (Lipinski definition) is 6. The molecule has 1 unspecified atom stereocenters. The Morgan fingerprint density at radius 3 is 2.21 bits per heavy atom. The van der Waals surface area contributed by atoms with Crippen molar-refractivity contribution >= 4 is 28.4 Å². The number of ketones is 2. The minimum atomic E-state index is -0.309. The maximum Gasteiger partial charge on any atom is 0.190 e. The van der Waals surface area contributed by atoms with Crippen molar-refractivity contribution < 1.29 is 23.9 Å². The summed E-state index contributed by atoms with van der Waals surface area (Å²) in [6, 6.07) is 1.72. The molecule has 6 heteroatoms. The molecule has 0 saturated carbocycles. The molecule has 1 aromatic rings. The number of benzene rings is 1. The first-order valence-corrected chi connectivity index (χ1v) is 10.5. The third-order valence-corrected chi connectivity index (χ3v) is 5.67. The van der Waals surface area contributed by atoms with Crippen LogP contribution >= 0.6 is 11.8 Å². The Hall–Kier alpha value is -2.34. The quantitative estimate of drug-likeness (QED) is 0.533. The highest BCUT2D eigenvalue weighted by atomic mass is 32.2. The summed E-state index contributed by atoms with van der Waals surface area (Å²) < 4.78 is 11.0. The normalized spacial score (nSPS) is 13.9. The minimum Gasteiger partial charge on any atom is -0.496 e. The topological polar surface area (TPSA) is 69.7 Å². The van der Waals surface area contributed by atoms with E-state index in [0.29, 0.717) is 29.9 Å². The Morgan fingerprint density at radius 2 is 1.69 bits per heavy atom. The number of fused-ring (bicyclic) bond motifs is 1. The van der Waals surface area contributed by atoms with Gasteiger partial charge in [0.05, 0.1) is 25.3 Å². The van der Waals surface area contributed by atoms with Crippen molar-refractivity contribution in [2.45, 2.75) is 45.8 Å². The Morgan fingerprint density at radius 1 is 1.07 bits per heavy atom. The first-order valence-electron chi connectivity index (χ1n) is 9.58. The van der Waals surface area contributed by atoms with Gasteiger partial charge in [0, 0.05) is 17.2 Å². The van der Waals surface area contributed by atoms with Gasteiger partial charge in [0.1, 0.15) is 11.5 Å². The van der Waals surface area contributed by atoms with Crippen molar-refractivity contribution in [3.8, 4) is 11.5 Å². The van der Waals surface area contributed by atoms with Gasteiger partial charge in [-0.15, -0.1) is 0 Å². The van der Waals surface area contributed by atoms with Crippen LogP contribution < -0.4 is 9.47 Å². The monoisotopic (exact) mass is 416 g/mol. The molecule has 0 N–H and O–H groups in total. The molecule has 2 rings (SSSR count). The molecule has 0 bridgehead atoms. The van der Waals surface area contributed by atoms with Gasteiger partial charge in [0.25, 0.3) is 0 Å². The van der Waals surface area contributed by atoms with Gasteiger partial charge in [-0.1, -0.05) is 37.3 Å². The Bertz CT molecular complexity index is 876. The summed E-state index contributed by atoms with van der Waals surface area (Å²) in [6.45, 7) is 8.00. The van der Waals surface area contributed by atoms with Crippen molar-refractivity contribution in [2.75, 3.05) is 14.2 Å². The summed E-state index contributed by atoms with van der Waals surface area (Å²) in [6.07, 6.45) is 5.60. The van der Waals surface area contributed by atoms with Crippen molar-refractivity contribution in [3.63, 3.8) is 0 Å². The van der Waals surface area contributed by atoms with Crippen LogP contribution in [-0.2, 0) is 4.79 Å². The molecular formula is C23H28O5S. The lowest BCUT2D eigenvalue weighted by atomic mass is 9.89. The average Bonchev–Trinajstić information content (AvgIpc) is 2.65. The second kappa shape index (κ2) is 9.92. The van der Waals surface area contributed by atoms with Crippen molar-refractivity contribution in [2.24, 2.45) is 5.92 Å². The Labute approximate surface area is 176 Å². The van der Waals surface area contributed by atoms with E-state index in [0.717, 1.165) is 5.57 Å². The number of hydrogen-bond donors (Lipinski definition) is 0. The third kappa shape index (κ3) is 5.38. The van der Waals surface area contributed by atoms with Gasteiger partial charge in [-0.25, -0.2) is 0 Å². The summed E-state index contributed by atoms with van der Waals surface area (Å²) in [7, 11) is 2.93. The number of carbonyl (C=O) groups is 3. The maximum atomic E-state index is 12.6. The lowest BCUT2D eigenvalue weighted by Crippen LogP contribution is -2.17. The van der Waals surface area contributed by atoms with E-state index in [-0.39, 0.29) is 39.0 Å². The van der Waals surface area contributed by atoms with Crippen LogP contribution in [0.5, 0.6) is 11.5 Å². The van der Waals surface area contributed by atoms with Crippen molar-refractivity contribution in [1.29, 1.82) is 0 Å². The van der Waals surface area contributed by atoms with E-state index in [1.807, 2.05) is 27.7 Å². The fraction of sp³-hybridized carbons (Fsp3) is 0.435. The second-order valence-electron chi connectivity index (χ2n) is 7.61. The molecule has 0 fully saturated rings. The number of rotatable bonds is 8. The van der Waals surface area contributed by atoms with Gasteiger partial charge in [0.15, 0.2) is 16.7 Å². The summed E-state index contributed by atoms with van der Waals surface area (Å²) in [5, 5.41) is -0.188. The fourth-order valence-corrected chi connectivity index (χ4v) is 4.44. The maximum absolute atomic E-state index is 12.6. The average molecular weight is 417 g/mol. The number of carbonyl (C=O) groups excluding carboxylic acids is 3. The van der Waals surface area contributed by atoms with Gasteiger partial charge in [-0.3, -0.25) is 14.4 Å². The van der Waals surface area contributed by atoms with E-state index in [4.69, 9.17) is 9.47 Å². The second-order valence-corrected chi connectivity index (χ2v) is 8.87. The van der Waals surface area contributed by atoms with Crippen LogP contribution in [0.2, 0.25) is 0 Å². The zero-order valence-corrected chi connectivity index (χ0v) is 18.6. The SMILES string of the molecule is COc1cc(C(CC=C(C)C)SC(=O)CC(C)C)c(OC)c2c1C(=O)C=CC2=O. The lowest BCUT2D eigenvalue weighted by Gasteiger charge is -2.24. The Balaban J connectivity index is 2.64. The van der Waals surface area contributed by atoms with Crippen LogP contribution in [-0.4, -0.2) is 30.9 Å². The smallest absolute Gasteiger partial charge is 0.190 e. The molecule has 0 amide bonds. The molecule has 29 heavy (non-hydrogen) atoms. The van der Waals surface area contributed by atoms with Gasteiger partial charge in [0.2, 0.25) is 0 Å². The van der Waals surface area contributed by atoms with E-state index in [1.165, 1.54) is 38.1 Å². The number of methoxy groups -OCH3 is 2. The molecule has 0 radical (unpaired) electrons. The highest BCUT2D eigenvalue weighted by Crippen LogP contribution is 2.45. The van der Waals surface area contributed by atoms with E-state index < -0.39 is 0 Å². The van der Waals surface area contributed by atoms with Crippen LogP contribution in [0, 0.1) is 5.92 Å². The van der Waals surface area contributed by atoms with E-state index >= 15 is 0 Å². The summed E-state index contributed by atoms with van der Waals surface area (Å²) in [4.78, 5) is 37.6. The molecule has 156 valence electrons. The first kappa shape index (κ1) is 22.9. The summed E-state index contributed by atoms with van der Waals surface area (Å²) >= 11 is 1.24. The number of allylic oxidation sites excluding steroid dienone is 4. The van der Waals surface area contributed by atoms with Gasteiger partial charge >= 0.3 is 0 Å². The molecule has 0 aromatic heterocycles. The largest absolute Gasteiger partial charge is 0.496 e. The summed E-state index contributed by atoms with van der Waals surface area (Å²) in [5.41, 5.74) is 2.22. The molecular weight excluding hydrogens is 388 g/mol. The summed E-state index contributed by atoms with van der Waals surface area (Å²) in [5.74, 6) is 0.295. The van der Waals surface area contributed by atoms with E-state index in [1.54, 1.807) is 6.07 Å². The van der Waals surface area contributed by atoms with Gasteiger partial charge < -0.3 is 9.47 Å². The van der Waals surface area contributed by atoms with E-state index in [9.17, 15) is 14.4 Å². The zero-order valence-electron chi connectivity index (χ0n) is 17.8. The van der Waals surface area contributed by atoms with Crippen LogP contribution in [0.15, 0.2) is 29.9 Å². The van der Waals surface area contributed by atoms with Crippen LogP contribution in [0.4, 0.5) is 0 Å². The van der Waals surface area contributed by atoms with E-state index in [2.05, 4.69) is 6.08 Å². The number of ether oxygens (including phenoxy) is 2. The zero-order chi connectivity index (χ0) is 21.7. The fourth-order valence-electron chi connectivity index (χ4n) is 3.20. The molecule has 5 nitrogen and oxygen atoms in total. The molecule has 0 saturated heterocycles. The highest BCUT2D eigenvalue weighted by Gasteiger charge is 2.32. The predicted molar refractivity (Wildman–Crippen MR) is 116 cm³/mol. The standard InChI is InChI=1S/C23H28O5S/c1-13(2)7-10-19(29-20(26)11-14(3)4)15-12-18(27-5)21-16(24)8-9-17(25)22(21)23(15)28-6/h7-9,12,14,19H,10-11H2,1-6H3. The first-order chi connectivity index (χ1) is 13.7. The molecule has 1 atom stereocenters. The molecule has 1 aromatic carbocycles. The molecule has 0 aliphatic heterocycles.